The number of anilines is 1. The molecule has 0 radical (unpaired) electrons. The summed E-state index contributed by atoms with van der Waals surface area (Å²) in [5.41, 5.74) is 3.57. The molecule has 1 aromatic heterocycles. The van der Waals surface area contributed by atoms with Crippen molar-refractivity contribution in [1.82, 2.24) is 4.98 Å². The Labute approximate surface area is 128 Å². The average molecular weight is 313 g/mol. The lowest BCUT2D eigenvalue weighted by Gasteiger charge is -2.08. The largest absolute Gasteiger partial charge is 0.872 e. The van der Waals surface area contributed by atoms with Gasteiger partial charge in [0.15, 0.2) is 0 Å². The minimum Gasteiger partial charge on any atom is -0.872 e. The third-order valence-corrected chi connectivity index (χ3v) is 3.80. The summed E-state index contributed by atoms with van der Waals surface area (Å²) in [6.07, 6.45) is 1.25. The first kappa shape index (κ1) is 14.0. The molecule has 0 bridgehead atoms. The number of rotatable bonds is 4. The van der Waals surface area contributed by atoms with Gasteiger partial charge < -0.3 is 5.11 Å². The number of aromatic nitrogens is 1. The molecule has 0 fully saturated rings. The second-order valence-electron chi connectivity index (χ2n) is 4.34. The van der Waals surface area contributed by atoms with Crippen molar-refractivity contribution in [3.05, 3.63) is 58.1 Å². The first-order valence-electron chi connectivity index (χ1n) is 6.23. The Bertz CT molecular complexity index is 842. The van der Waals surface area contributed by atoms with Gasteiger partial charge in [-0.2, -0.15) is 5.10 Å². The molecule has 110 valence electrons. The van der Waals surface area contributed by atoms with Gasteiger partial charge in [-0.05, 0) is 17.7 Å². The van der Waals surface area contributed by atoms with E-state index in [1.807, 2.05) is 24.3 Å². The van der Waals surface area contributed by atoms with Crippen molar-refractivity contribution < 1.29 is 10.0 Å². The number of thiazole rings is 1. The van der Waals surface area contributed by atoms with Gasteiger partial charge in [0.2, 0.25) is 5.13 Å². The van der Waals surface area contributed by atoms with Crippen molar-refractivity contribution in [3.8, 4) is 5.75 Å². The molecule has 0 atom stereocenters. The molecule has 3 aromatic rings. The van der Waals surface area contributed by atoms with E-state index in [1.165, 1.54) is 29.7 Å². The second kappa shape index (κ2) is 5.78. The maximum atomic E-state index is 11.6. The number of nitro benzene ring substituents is 1. The zero-order valence-electron chi connectivity index (χ0n) is 11.1. The Kier molecular flexibility index (Phi) is 3.67. The van der Waals surface area contributed by atoms with Crippen LogP contribution in [-0.4, -0.2) is 16.1 Å². The number of nitro groups is 1. The Balaban J connectivity index is 1.79. The summed E-state index contributed by atoms with van der Waals surface area (Å²) >= 11 is 1.42. The quantitative estimate of drug-likeness (QED) is 0.453. The molecule has 1 heterocycles. The molecule has 0 saturated carbocycles. The van der Waals surface area contributed by atoms with E-state index in [0.717, 1.165) is 16.3 Å². The monoisotopic (exact) mass is 313 g/mol. The van der Waals surface area contributed by atoms with Gasteiger partial charge in [0, 0.05) is 12.1 Å². The van der Waals surface area contributed by atoms with E-state index in [1.54, 1.807) is 0 Å². The first-order chi connectivity index (χ1) is 10.6. The van der Waals surface area contributed by atoms with Gasteiger partial charge in [0.1, 0.15) is 0 Å². The number of para-hydroxylation sites is 1. The summed E-state index contributed by atoms with van der Waals surface area (Å²) in [7, 11) is 0. The molecule has 0 saturated heterocycles. The van der Waals surface area contributed by atoms with Crippen molar-refractivity contribution in [3.63, 3.8) is 0 Å². The van der Waals surface area contributed by atoms with Crippen LogP contribution in [0.25, 0.3) is 10.2 Å². The zero-order valence-corrected chi connectivity index (χ0v) is 11.9. The average Bonchev–Trinajstić information content (AvgIpc) is 2.91. The molecular weight excluding hydrogens is 304 g/mol. The zero-order chi connectivity index (χ0) is 15.5. The molecule has 0 aliphatic rings. The fraction of sp³-hybridized carbons (Fsp3) is 0. The number of benzene rings is 2. The summed E-state index contributed by atoms with van der Waals surface area (Å²) in [5.74, 6) is -0.333. The Morgan fingerprint density at radius 3 is 2.86 bits per heavy atom. The van der Waals surface area contributed by atoms with Crippen LogP contribution in [0.3, 0.4) is 0 Å². The van der Waals surface area contributed by atoms with E-state index >= 15 is 0 Å². The van der Waals surface area contributed by atoms with Crippen LogP contribution in [0.5, 0.6) is 5.75 Å². The van der Waals surface area contributed by atoms with Crippen LogP contribution < -0.4 is 10.5 Å². The molecule has 3 rings (SSSR count). The van der Waals surface area contributed by atoms with E-state index in [0.29, 0.717) is 5.13 Å². The molecule has 0 aliphatic carbocycles. The second-order valence-corrected chi connectivity index (χ2v) is 5.37. The van der Waals surface area contributed by atoms with Crippen LogP contribution in [-0.2, 0) is 0 Å². The predicted octanol–water partition coefficient (Wildman–Crippen LogP) is 2.72. The minimum absolute atomic E-state index is 0.141. The molecule has 0 spiro atoms. The Hall–Kier alpha value is -3.00. The van der Waals surface area contributed by atoms with Crippen LogP contribution in [0.1, 0.15) is 5.56 Å². The van der Waals surface area contributed by atoms with Crippen molar-refractivity contribution in [1.29, 1.82) is 0 Å². The van der Waals surface area contributed by atoms with Crippen molar-refractivity contribution in [2.45, 2.75) is 0 Å². The highest BCUT2D eigenvalue weighted by atomic mass is 32.1. The number of non-ortho nitro benzene ring substituents is 1. The summed E-state index contributed by atoms with van der Waals surface area (Å²) in [6, 6.07) is 11.1. The number of nitrogens with zero attached hydrogens (tertiary/aromatic N) is 3. The molecule has 7 nitrogen and oxygen atoms in total. The third kappa shape index (κ3) is 2.86. The highest BCUT2D eigenvalue weighted by Gasteiger charge is 2.05. The summed E-state index contributed by atoms with van der Waals surface area (Å²) in [6.45, 7) is 0. The van der Waals surface area contributed by atoms with Crippen LogP contribution in [0.4, 0.5) is 10.8 Å². The molecule has 0 aliphatic heterocycles. The van der Waals surface area contributed by atoms with Gasteiger partial charge in [-0.15, -0.1) is 0 Å². The molecule has 0 unspecified atom stereocenters. The molecule has 1 N–H and O–H groups in total. The number of hydrazone groups is 1. The van der Waals surface area contributed by atoms with Gasteiger partial charge in [-0.1, -0.05) is 35.3 Å². The SMILES string of the molecule is O=[N+]([O-])c1ccc([O-])c(C=NNc2nc3ccccc3s2)c1. The minimum atomic E-state index is -0.558. The van der Waals surface area contributed by atoms with Gasteiger partial charge in [0.25, 0.3) is 5.69 Å². The van der Waals surface area contributed by atoms with E-state index in [2.05, 4.69) is 15.5 Å². The number of nitrogens with one attached hydrogen (secondary N) is 1. The van der Waals surface area contributed by atoms with Gasteiger partial charge >= 0.3 is 0 Å². The lowest BCUT2D eigenvalue weighted by Crippen LogP contribution is -1.99. The predicted molar refractivity (Wildman–Crippen MR) is 83.4 cm³/mol. The Morgan fingerprint density at radius 2 is 2.09 bits per heavy atom. The standard InChI is InChI=1S/C14H10N4O3S/c19-12-6-5-10(18(20)21)7-9(12)8-15-17-14-16-11-3-1-2-4-13(11)22-14/h1-8,19H,(H,16,17)/p-1. The Morgan fingerprint density at radius 1 is 1.27 bits per heavy atom. The van der Waals surface area contributed by atoms with E-state index < -0.39 is 4.92 Å². The lowest BCUT2D eigenvalue weighted by atomic mass is 10.2. The van der Waals surface area contributed by atoms with Crippen LogP contribution in [0.15, 0.2) is 47.6 Å². The summed E-state index contributed by atoms with van der Waals surface area (Å²) < 4.78 is 1.01. The van der Waals surface area contributed by atoms with Gasteiger partial charge in [0.05, 0.1) is 21.4 Å². The van der Waals surface area contributed by atoms with Gasteiger partial charge in [-0.25, -0.2) is 4.98 Å². The molecule has 8 heteroatoms. The van der Waals surface area contributed by atoms with E-state index in [9.17, 15) is 15.2 Å². The van der Waals surface area contributed by atoms with Crippen molar-refractivity contribution >= 4 is 38.6 Å². The number of fused-ring (bicyclic) bond motifs is 1. The summed E-state index contributed by atoms with van der Waals surface area (Å²) in [4.78, 5) is 14.5. The first-order valence-corrected chi connectivity index (χ1v) is 7.05. The fourth-order valence-electron chi connectivity index (χ4n) is 1.83. The molecule has 0 amide bonds. The lowest BCUT2D eigenvalue weighted by molar-refractivity contribution is -0.385. The number of hydrogen-bond acceptors (Lipinski definition) is 7. The maximum absolute atomic E-state index is 11.6. The van der Waals surface area contributed by atoms with Crippen LogP contribution in [0, 0.1) is 10.1 Å². The maximum Gasteiger partial charge on any atom is 0.270 e. The third-order valence-electron chi connectivity index (χ3n) is 2.86. The highest BCUT2D eigenvalue weighted by Crippen LogP contribution is 2.25. The normalized spacial score (nSPS) is 11.1. The van der Waals surface area contributed by atoms with Gasteiger partial charge in [-0.3, -0.25) is 15.5 Å². The highest BCUT2D eigenvalue weighted by molar-refractivity contribution is 7.22. The van der Waals surface area contributed by atoms with Crippen LogP contribution in [0.2, 0.25) is 0 Å². The van der Waals surface area contributed by atoms with E-state index in [-0.39, 0.29) is 17.0 Å². The summed E-state index contributed by atoms with van der Waals surface area (Å²) in [5, 5.41) is 26.8. The molecule has 2 aromatic carbocycles. The number of hydrogen-bond donors (Lipinski definition) is 1. The molecular formula is C14H9N4O3S-. The topological polar surface area (TPSA) is 103 Å². The smallest absolute Gasteiger partial charge is 0.270 e. The van der Waals surface area contributed by atoms with Crippen LogP contribution >= 0.6 is 11.3 Å². The molecule has 22 heavy (non-hydrogen) atoms. The van der Waals surface area contributed by atoms with E-state index in [4.69, 9.17) is 0 Å². The van der Waals surface area contributed by atoms with Crippen molar-refractivity contribution in [2.24, 2.45) is 5.10 Å². The van der Waals surface area contributed by atoms with Crippen molar-refractivity contribution in [2.75, 3.05) is 5.43 Å². The fourth-order valence-corrected chi connectivity index (χ4v) is 2.64.